The third kappa shape index (κ3) is 4.63. The van der Waals surface area contributed by atoms with Gasteiger partial charge in [0.15, 0.2) is 16.8 Å². The molecule has 7 nitrogen and oxygen atoms in total. The molecule has 3 aromatic rings. The quantitative estimate of drug-likeness (QED) is 0.624. The van der Waals surface area contributed by atoms with Gasteiger partial charge in [-0.3, -0.25) is 9.78 Å². The van der Waals surface area contributed by atoms with E-state index >= 15 is 0 Å². The van der Waals surface area contributed by atoms with Crippen LogP contribution in [0.2, 0.25) is 0 Å². The standard InChI is InChI=1S/C20H18F2N4O3S2/c21-15-5-4-14(11-16(15)22)31(28,29)26-9-6-13(7-10-26)19(27)25-20-24-18(12-30-20)17-3-1-2-8-23-17/h1-5,8,11-13H,6-7,9-10H2,(H,24,25,27). The number of nitrogens with zero attached hydrogens (tertiary/aromatic N) is 3. The largest absolute Gasteiger partial charge is 0.302 e. The third-order valence-corrected chi connectivity index (χ3v) is 7.67. The minimum Gasteiger partial charge on any atom is -0.302 e. The molecule has 1 saturated heterocycles. The van der Waals surface area contributed by atoms with Crippen LogP contribution < -0.4 is 5.32 Å². The number of hydrogen-bond acceptors (Lipinski definition) is 6. The molecule has 0 radical (unpaired) electrons. The summed E-state index contributed by atoms with van der Waals surface area (Å²) in [5.74, 6) is -2.93. The van der Waals surface area contributed by atoms with Crippen LogP contribution in [0, 0.1) is 17.6 Å². The lowest BCUT2D eigenvalue weighted by Crippen LogP contribution is -2.41. The van der Waals surface area contributed by atoms with Gasteiger partial charge in [0, 0.05) is 30.6 Å². The zero-order valence-corrected chi connectivity index (χ0v) is 17.8. The number of sulfonamides is 1. The molecule has 0 unspecified atom stereocenters. The summed E-state index contributed by atoms with van der Waals surface area (Å²) in [4.78, 5) is 20.9. The molecule has 3 heterocycles. The number of anilines is 1. The zero-order chi connectivity index (χ0) is 22.0. The highest BCUT2D eigenvalue weighted by Crippen LogP contribution is 2.27. The van der Waals surface area contributed by atoms with Gasteiger partial charge in [0.25, 0.3) is 0 Å². The van der Waals surface area contributed by atoms with Crippen LogP contribution in [-0.4, -0.2) is 41.7 Å². The van der Waals surface area contributed by atoms with Gasteiger partial charge in [-0.2, -0.15) is 4.31 Å². The zero-order valence-electron chi connectivity index (χ0n) is 16.2. The molecule has 1 amide bonds. The lowest BCUT2D eigenvalue weighted by Gasteiger charge is -2.30. The molecular formula is C20H18F2N4O3S2. The monoisotopic (exact) mass is 464 g/mol. The fourth-order valence-electron chi connectivity index (χ4n) is 3.32. The van der Waals surface area contributed by atoms with Crippen molar-refractivity contribution in [2.24, 2.45) is 5.92 Å². The van der Waals surface area contributed by atoms with Gasteiger partial charge >= 0.3 is 0 Å². The van der Waals surface area contributed by atoms with Crippen molar-refractivity contribution in [2.45, 2.75) is 17.7 Å². The predicted molar refractivity (Wildman–Crippen MR) is 112 cm³/mol. The molecule has 31 heavy (non-hydrogen) atoms. The van der Waals surface area contributed by atoms with Gasteiger partial charge < -0.3 is 5.32 Å². The van der Waals surface area contributed by atoms with Crippen LogP contribution in [0.25, 0.3) is 11.4 Å². The van der Waals surface area contributed by atoms with E-state index in [1.165, 1.54) is 15.6 Å². The molecule has 0 atom stereocenters. The minimum absolute atomic E-state index is 0.108. The molecule has 0 spiro atoms. The first-order valence-corrected chi connectivity index (χ1v) is 11.8. The van der Waals surface area contributed by atoms with Crippen molar-refractivity contribution in [2.75, 3.05) is 18.4 Å². The van der Waals surface area contributed by atoms with Crippen LogP contribution in [0.3, 0.4) is 0 Å². The van der Waals surface area contributed by atoms with Gasteiger partial charge in [0.1, 0.15) is 5.69 Å². The first-order valence-electron chi connectivity index (χ1n) is 9.47. The van der Waals surface area contributed by atoms with E-state index in [-0.39, 0.29) is 29.8 Å². The van der Waals surface area contributed by atoms with Gasteiger partial charge in [-0.1, -0.05) is 6.07 Å². The maximum Gasteiger partial charge on any atom is 0.243 e. The van der Waals surface area contributed by atoms with Crippen molar-refractivity contribution in [3.63, 3.8) is 0 Å². The molecule has 1 aliphatic heterocycles. The van der Waals surface area contributed by atoms with Crippen molar-refractivity contribution in [3.8, 4) is 11.4 Å². The first kappa shape index (κ1) is 21.5. The summed E-state index contributed by atoms with van der Waals surface area (Å²) in [5, 5.41) is 5.03. The summed E-state index contributed by atoms with van der Waals surface area (Å²) >= 11 is 1.29. The molecule has 1 aliphatic rings. The summed E-state index contributed by atoms with van der Waals surface area (Å²) in [6.07, 6.45) is 2.29. The van der Waals surface area contributed by atoms with Gasteiger partial charge in [-0.15, -0.1) is 11.3 Å². The van der Waals surface area contributed by atoms with Crippen LogP contribution in [0.5, 0.6) is 0 Å². The van der Waals surface area contributed by atoms with E-state index in [0.717, 1.165) is 12.1 Å². The number of pyridine rings is 1. The number of thiazole rings is 1. The fraction of sp³-hybridized carbons (Fsp3) is 0.250. The lowest BCUT2D eigenvalue weighted by molar-refractivity contribution is -0.120. The predicted octanol–water partition coefficient (Wildman–Crippen LogP) is 3.52. The number of halogens is 2. The number of rotatable bonds is 5. The minimum atomic E-state index is -3.96. The van der Waals surface area contributed by atoms with E-state index < -0.39 is 21.7 Å². The molecule has 2 aromatic heterocycles. The van der Waals surface area contributed by atoms with Crippen molar-refractivity contribution in [1.29, 1.82) is 0 Å². The normalized spacial score (nSPS) is 15.7. The highest BCUT2D eigenvalue weighted by atomic mass is 32.2. The van der Waals surface area contributed by atoms with Crippen molar-refractivity contribution in [3.05, 3.63) is 59.6 Å². The second-order valence-electron chi connectivity index (χ2n) is 7.00. The first-order chi connectivity index (χ1) is 14.8. The van der Waals surface area contributed by atoms with Crippen LogP contribution in [0.15, 0.2) is 52.9 Å². The van der Waals surface area contributed by atoms with Gasteiger partial charge in [-0.05, 0) is 43.2 Å². The molecule has 11 heteroatoms. The second kappa shape index (κ2) is 8.77. The molecule has 1 aromatic carbocycles. The smallest absolute Gasteiger partial charge is 0.243 e. The van der Waals surface area contributed by atoms with Crippen molar-refractivity contribution < 1.29 is 22.0 Å². The van der Waals surface area contributed by atoms with E-state index in [0.29, 0.717) is 35.4 Å². The summed E-state index contributed by atoms with van der Waals surface area (Å²) in [5.41, 5.74) is 1.36. The van der Waals surface area contributed by atoms with E-state index in [1.807, 2.05) is 12.1 Å². The van der Waals surface area contributed by atoms with E-state index in [1.54, 1.807) is 17.6 Å². The topological polar surface area (TPSA) is 92.3 Å². The number of carbonyl (C=O) groups excluding carboxylic acids is 1. The maximum absolute atomic E-state index is 13.4. The van der Waals surface area contributed by atoms with E-state index in [2.05, 4.69) is 15.3 Å². The number of nitrogens with one attached hydrogen (secondary N) is 1. The lowest BCUT2D eigenvalue weighted by atomic mass is 9.97. The van der Waals surface area contributed by atoms with Gasteiger partial charge in [0.2, 0.25) is 15.9 Å². The van der Waals surface area contributed by atoms with Gasteiger partial charge in [-0.25, -0.2) is 22.2 Å². The van der Waals surface area contributed by atoms with Crippen LogP contribution in [0.4, 0.5) is 13.9 Å². The average Bonchev–Trinajstić information content (AvgIpc) is 3.24. The number of benzene rings is 1. The van der Waals surface area contributed by atoms with Crippen LogP contribution >= 0.6 is 11.3 Å². The maximum atomic E-state index is 13.4. The summed E-state index contributed by atoms with van der Waals surface area (Å²) in [7, 11) is -3.96. The van der Waals surface area contributed by atoms with Crippen molar-refractivity contribution in [1.82, 2.24) is 14.3 Å². The number of amides is 1. The van der Waals surface area contributed by atoms with Crippen LogP contribution in [0.1, 0.15) is 12.8 Å². The molecule has 0 aliphatic carbocycles. The number of piperidine rings is 1. The Balaban J connectivity index is 1.37. The summed E-state index contributed by atoms with van der Waals surface area (Å²) < 4.78 is 53.1. The van der Waals surface area contributed by atoms with E-state index in [9.17, 15) is 22.0 Å². The Morgan fingerprint density at radius 3 is 2.55 bits per heavy atom. The Morgan fingerprint density at radius 1 is 1.10 bits per heavy atom. The Bertz CT molecular complexity index is 1190. The highest BCUT2D eigenvalue weighted by molar-refractivity contribution is 7.89. The molecule has 1 fully saturated rings. The number of aromatic nitrogens is 2. The van der Waals surface area contributed by atoms with E-state index in [4.69, 9.17) is 0 Å². The third-order valence-electron chi connectivity index (χ3n) is 5.02. The molecular weight excluding hydrogens is 446 g/mol. The average molecular weight is 465 g/mol. The summed E-state index contributed by atoms with van der Waals surface area (Å²) in [6.45, 7) is 0.215. The van der Waals surface area contributed by atoms with Crippen LogP contribution in [-0.2, 0) is 14.8 Å². The SMILES string of the molecule is O=C(Nc1nc(-c2ccccn2)cs1)C1CCN(S(=O)(=O)c2ccc(F)c(F)c2)CC1. The second-order valence-corrected chi connectivity index (χ2v) is 9.79. The Labute approximate surface area is 181 Å². The highest BCUT2D eigenvalue weighted by Gasteiger charge is 2.32. The Morgan fingerprint density at radius 2 is 1.87 bits per heavy atom. The molecule has 0 saturated carbocycles. The number of carbonyl (C=O) groups is 1. The Hall–Kier alpha value is -2.76. The van der Waals surface area contributed by atoms with Gasteiger partial charge in [0.05, 0.1) is 10.6 Å². The van der Waals surface area contributed by atoms with Crippen molar-refractivity contribution >= 4 is 32.4 Å². The molecule has 1 N–H and O–H groups in total. The molecule has 162 valence electrons. The summed E-state index contributed by atoms with van der Waals surface area (Å²) in [6, 6.07) is 7.97. The molecule has 4 rings (SSSR count). The fourth-order valence-corrected chi connectivity index (χ4v) is 5.50. The Kier molecular flexibility index (Phi) is 6.08. The number of hydrogen-bond donors (Lipinski definition) is 1. The molecule has 0 bridgehead atoms.